The molecule has 0 fully saturated rings. The number of alkyl halides is 3. The van der Waals surface area contributed by atoms with Gasteiger partial charge in [-0.25, -0.2) is 4.79 Å². The third kappa shape index (κ3) is 3.71. The predicted octanol–water partition coefficient (Wildman–Crippen LogP) is 3.36. The van der Waals surface area contributed by atoms with E-state index in [-0.39, 0.29) is 22.8 Å². The maximum Gasteiger partial charge on any atom is 0.471 e. The topological polar surface area (TPSA) is 104 Å². The minimum absolute atomic E-state index is 0.152. The molecule has 11 heteroatoms. The fourth-order valence-electron chi connectivity index (χ4n) is 1.97. The van der Waals surface area contributed by atoms with Crippen LogP contribution in [0.25, 0.3) is 11.4 Å². The Morgan fingerprint density at radius 3 is 2.42 bits per heavy atom. The number of benzene rings is 1. The largest absolute Gasteiger partial charge is 0.471 e. The highest BCUT2D eigenvalue weighted by atomic mass is 19.4. The highest BCUT2D eigenvalue weighted by Crippen LogP contribution is 2.29. The molecular weight excluding hydrogens is 357 g/mol. The molecule has 1 atom stereocenters. The van der Waals surface area contributed by atoms with Crippen molar-refractivity contribution in [3.63, 3.8) is 0 Å². The van der Waals surface area contributed by atoms with Crippen LogP contribution in [0.1, 0.15) is 41.1 Å². The number of hydrogen-bond donors (Lipinski definition) is 0. The Kier molecular flexibility index (Phi) is 4.45. The Hall–Kier alpha value is -3.24. The lowest BCUT2D eigenvalue weighted by molar-refractivity contribution is -0.159. The second-order valence-electron chi connectivity index (χ2n) is 5.21. The molecule has 8 nitrogen and oxygen atoms in total. The summed E-state index contributed by atoms with van der Waals surface area (Å²) < 4.78 is 52.0. The third-order valence-electron chi connectivity index (χ3n) is 3.22. The van der Waals surface area contributed by atoms with Crippen LogP contribution < -0.4 is 0 Å². The van der Waals surface area contributed by atoms with Crippen molar-refractivity contribution in [2.75, 3.05) is 0 Å². The average molecular weight is 368 g/mol. The van der Waals surface area contributed by atoms with Crippen molar-refractivity contribution in [3.8, 4) is 11.4 Å². The second-order valence-corrected chi connectivity index (χ2v) is 5.21. The molecule has 1 unspecified atom stereocenters. The summed E-state index contributed by atoms with van der Waals surface area (Å²) in [5.41, 5.74) is 0.428. The minimum atomic E-state index is -4.72. The Bertz CT molecular complexity index is 918. The molecule has 0 radical (unpaired) electrons. The molecule has 0 spiro atoms. The number of hydrogen-bond acceptors (Lipinski definition) is 8. The highest BCUT2D eigenvalue weighted by molar-refractivity contribution is 5.90. The zero-order chi connectivity index (χ0) is 18.9. The molecule has 0 saturated heterocycles. The number of rotatable bonds is 4. The first-order valence-electron chi connectivity index (χ1n) is 7.26. The molecule has 0 N–H and O–H groups in total. The van der Waals surface area contributed by atoms with Crippen LogP contribution in [-0.4, -0.2) is 26.3 Å². The quantitative estimate of drug-likeness (QED) is 0.646. The van der Waals surface area contributed by atoms with Crippen LogP contribution in [0, 0.1) is 6.92 Å². The van der Waals surface area contributed by atoms with Crippen molar-refractivity contribution < 1.29 is 31.6 Å². The number of carbonyl (C=O) groups excluding carboxylic acids is 1. The van der Waals surface area contributed by atoms with Crippen LogP contribution in [0.5, 0.6) is 0 Å². The van der Waals surface area contributed by atoms with Gasteiger partial charge in [0.1, 0.15) is 0 Å². The minimum Gasteiger partial charge on any atom is -0.449 e. The Morgan fingerprint density at radius 1 is 1.19 bits per heavy atom. The lowest BCUT2D eigenvalue weighted by atomic mass is 10.1. The van der Waals surface area contributed by atoms with Gasteiger partial charge in [0.15, 0.2) is 6.10 Å². The summed E-state index contributed by atoms with van der Waals surface area (Å²) in [6, 6.07) is 5.49. The molecule has 1 aromatic carbocycles. The van der Waals surface area contributed by atoms with Crippen LogP contribution in [0.2, 0.25) is 0 Å². The number of carbonyl (C=O) groups is 1. The third-order valence-corrected chi connectivity index (χ3v) is 3.22. The smallest absolute Gasteiger partial charge is 0.449 e. The van der Waals surface area contributed by atoms with Gasteiger partial charge in [0.25, 0.3) is 5.89 Å². The van der Waals surface area contributed by atoms with Crippen molar-refractivity contribution in [1.29, 1.82) is 0 Å². The van der Waals surface area contributed by atoms with Gasteiger partial charge < -0.3 is 13.7 Å². The number of esters is 1. The van der Waals surface area contributed by atoms with Crippen molar-refractivity contribution in [2.24, 2.45) is 0 Å². The van der Waals surface area contributed by atoms with E-state index in [1.807, 2.05) is 0 Å². The van der Waals surface area contributed by atoms with E-state index in [0.29, 0.717) is 5.89 Å². The van der Waals surface area contributed by atoms with Gasteiger partial charge in [0.2, 0.25) is 11.7 Å². The Labute approximate surface area is 144 Å². The molecule has 0 saturated carbocycles. The molecule has 2 aromatic heterocycles. The maximum atomic E-state index is 12.5. The molecule has 0 aliphatic carbocycles. The van der Waals surface area contributed by atoms with E-state index in [0.717, 1.165) is 0 Å². The van der Waals surface area contributed by atoms with E-state index in [1.54, 1.807) is 13.8 Å². The van der Waals surface area contributed by atoms with E-state index in [4.69, 9.17) is 9.15 Å². The Morgan fingerprint density at radius 2 is 1.88 bits per heavy atom. The second kappa shape index (κ2) is 6.58. The highest BCUT2D eigenvalue weighted by Gasteiger charge is 2.38. The van der Waals surface area contributed by atoms with Gasteiger partial charge in [-0.2, -0.15) is 18.2 Å². The van der Waals surface area contributed by atoms with Crippen molar-refractivity contribution in [1.82, 2.24) is 20.3 Å². The molecule has 136 valence electrons. The molecule has 3 rings (SSSR count). The molecule has 0 amide bonds. The van der Waals surface area contributed by atoms with E-state index in [9.17, 15) is 18.0 Å². The predicted molar refractivity (Wildman–Crippen MR) is 77.6 cm³/mol. The zero-order valence-corrected chi connectivity index (χ0v) is 13.4. The molecule has 0 bridgehead atoms. The normalized spacial score (nSPS) is 12.8. The van der Waals surface area contributed by atoms with Crippen LogP contribution in [0.3, 0.4) is 0 Å². The van der Waals surface area contributed by atoms with Crippen LogP contribution in [0.4, 0.5) is 13.2 Å². The van der Waals surface area contributed by atoms with Gasteiger partial charge in [-0.15, -0.1) is 10.2 Å². The van der Waals surface area contributed by atoms with Gasteiger partial charge >= 0.3 is 18.0 Å². The monoisotopic (exact) mass is 368 g/mol. The lowest BCUT2D eigenvalue weighted by Gasteiger charge is -2.09. The summed E-state index contributed by atoms with van der Waals surface area (Å²) in [5, 5.41) is 10.7. The van der Waals surface area contributed by atoms with Crippen LogP contribution >= 0.6 is 0 Å². The van der Waals surface area contributed by atoms with E-state index < -0.39 is 24.1 Å². The maximum absolute atomic E-state index is 12.5. The average Bonchev–Trinajstić information content (AvgIpc) is 3.23. The van der Waals surface area contributed by atoms with Gasteiger partial charge in [-0.1, -0.05) is 17.3 Å². The van der Waals surface area contributed by atoms with E-state index in [2.05, 4.69) is 24.9 Å². The van der Waals surface area contributed by atoms with Crippen molar-refractivity contribution in [2.45, 2.75) is 26.1 Å². The van der Waals surface area contributed by atoms with Gasteiger partial charge in [-0.3, -0.25) is 0 Å². The summed E-state index contributed by atoms with van der Waals surface area (Å²) in [6.45, 7) is 3.17. The fourth-order valence-corrected chi connectivity index (χ4v) is 1.97. The first-order chi connectivity index (χ1) is 12.2. The van der Waals surface area contributed by atoms with Gasteiger partial charge in [-0.05, 0) is 19.1 Å². The summed E-state index contributed by atoms with van der Waals surface area (Å²) in [7, 11) is 0. The number of nitrogens with zero attached hydrogens (tertiary/aromatic N) is 4. The summed E-state index contributed by atoms with van der Waals surface area (Å²) in [4.78, 5) is 15.4. The SMILES string of the molecule is Cc1nnc(C(C)OC(=O)c2ccc(-c3noc(C(F)(F)F)n3)cc2)o1. The van der Waals surface area contributed by atoms with E-state index in [1.165, 1.54) is 24.3 Å². The number of aryl methyl sites for hydroxylation is 1. The van der Waals surface area contributed by atoms with E-state index >= 15 is 0 Å². The number of halogens is 3. The Balaban J connectivity index is 1.71. The lowest BCUT2D eigenvalue weighted by Crippen LogP contribution is -2.09. The van der Waals surface area contributed by atoms with Crippen LogP contribution in [0.15, 0.2) is 33.2 Å². The molecular formula is C15H11F3N4O4. The van der Waals surface area contributed by atoms with Gasteiger partial charge in [0.05, 0.1) is 5.56 Å². The summed E-state index contributed by atoms with van der Waals surface area (Å²) in [6.07, 6.45) is -5.48. The first-order valence-corrected chi connectivity index (χ1v) is 7.26. The van der Waals surface area contributed by atoms with Crippen LogP contribution in [-0.2, 0) is 10.9 Å². The molecule has 3 aromatic rings. The standard InChI is InChI=1S/C15H11F3N4O4/c1-7(12-21-20-8(2)25-12)24-13(23)10-5-3-9(4-6-10)11-19-14(26-22-11)15(16,17)18/h3-7H,1-2H3. The fraction of sp³-hybridized carbons (Fsp3) is 0.267. The first kappa shape index (κ1) is 17.6. The molecule has 26 heavy (non-hydrogen) atoms. The molecule has 2 heterocycles. The van der Waals surface area contributed by atoms with Gasteiger partial charge in [0, 0.05) is 12.5 Å². The molecule has 0 aliphatic heterocycles. The summed E-state index contributed by atoms with van der Waals surface area (Å²) >= 11 is 0. The van der Waals surface area contributed by atoms with Crippen molar-refractivity contribution >= 4 is 5.97 Å². The zero-order valence-electron chi connectivity index (χ0n) is 13.4. The van der Waals surface area contributed by atoms with Crippen molar-refractivity contribution in [3.05, 3.63) is 47.5 Å². The summed E-state index contributed by atoms with van der Waals surface area (Å²) in [5.74, 6) is -1.86. The number of ether oxygens (including phenoxy) is 1. The number of aromatic nitrogens is 4. The molecule has 0 aliphatic rings.